The van der Waals surface area contributed by atoms with E-state index in [1.165, 1.54) is 6.07 Å². The molecule has 1 saturated carbocycles. The van der Waals surface area contributed by atoms with Gasteiger partial charge in [0.05, 0.1) is 17.4 Å². The maximum absolute atomic E-state index is 15.3. The monoisotopic (exact) mass is 525 g/mol. The van der Waals surface area contributed by atoms with E-state index in [9.17, 15) is 4.79 Å². The van der Waals surface area contributed by atoms with E-state index in [0.29, 0.717) is 33.7 Å². The summed E-state index contributed by atoms with van der Waals surface area (Å²) >= 11 is 0. The van der Waals surface area contributed by atoms with Crippen LogP contribution in [0.1, 0.15) is 19.3 Å². The summed E-state index contributed by atoms with van der Waals surface area (Å²) < 4.78 is 15.3. The number of halogens is 1. The van der Waals surface area contributed by atoms with Crippen LogP contribution < -0.4 is 10.2 Å². The average molecular weight is 526 g/mol. The van der Waals surface area contributed by atoms with E-state index in [2.05, 4.69) is 47.3 Å². The van der Waals surface area contributed by atoms with Crippen LogP contribution >= 0.6 is 0 Å². The van der Waals surface area contributed by atoms with Crippen molar-refractivity contribution in [2.75, 3.05) is 43.4 Å². The van der Waals surface area contributed by atoms with Crippen molar-refractivity contribution >= 4 is 39.3 Å². The van der Waals surface area contributed by atoms with Gasteiger partial charge in [-0.05, 0) is 49.7 Å². The molecule has 0 bridgehead atoms. The first-order chi connectivity index (χ1) is 19.0. The van der Waals surface area contributed by atoms with Crippen LogP contribution in [-0.2, 0) is 4.79 Å². The number of benzene rings is 1. The van der Waals surface area contributed by atoms with Crippen molar-refractivity contribution < 1.29 is 9.18 Å². The minimum absolute atomic E-state index is 0.00858. The van der Waals surface area contributed by atoms with Crippen LogP contribution in [0.15, 0.2) is 42.9 Å². The van der Waals surface area contributed by atoms with Gasteiger partial charge < -0.3 is 20.1 Å². The number of anilines is 2. The fraction of sp³-hybridized carbons (Fsp3) is 0.321. The summed E-state index contributed by atoms with van der Waals surface area (Å²) in [5.41, 5.74) is 4.37. The molecule has 0 spiro atoms. The van der Waals surface area contributed by atoms with Crippen LogP contribution in [0.4, 0.5) is 15.9 Å². The maximum atomic E-state index is 15.3. The molecule has 2 aliphatic rings. The quantitative estimate of drug-likeness (QED) is 0.315. The van der Waals surface area contributed by atoms with Crippen LogP contribution in [0.25, 0.3) is 44.6 Å². The normalized spacial score (nSPS) is 16.6. The fourth-order valence-electron chi connectivity index (χ4n) is 5.29. The number of piperazine rings is 1. The number of imidazole rings is 1. The zero-order chi connectivity index (χ0) is 26.5. The van der Waals surface area contributed by atoms with Gasteiger partial charge in [0, 0.05) is 55.4 Å². The molecule has 5 heterocycles. The second-order valence-electron chi connectivity index (χ2n) is 10.4. The highest BCUT2D eigenvalue weighted by Gasteiger charge is 2.25. The number of aromatic amines is 2. The van der Waals surface area contributed by atoms with Gasteiger partial charge in [0.25, 0.3) is 0 Å². The van der Waals surface area contributed by atoms with Gasteiger partial charge in [-0.3, -0.25) is 14.9 Å². The molecular weight excluding hydrogens is 497 g/mol. The first-order valence-corrected chi connectivity index (χ1v) is 13.3. The van der Waals surface area contributed by atoms with Gasteiger partial charge in [-0.15, -0.1) is 0 Å². The number of hydrogen-bond donors (Lipinski definition) is 3. The number of rotatable bonds is 5. The summed E-state index contributed by atoms with van der Waals surface area (Å²) in [6, 6.07) is 7.03. The highest BCUT2D eigenvalue weighted by molar-refractivity contribution is 5.98. The molecule has 11 heteroatoms. The predicted octanol–water partition coefficient (Wildman–Crippen LogP) is 4.19. The molecule has 0 atom stereocenters. The molecule has 1 aliphatic carbocycles. The highest BCUT2D eigenvalue weighted by atomic mass is 19.1. The molecule has 1 saturated heterocycles. The molecule has 4 aromatic heterocycles. The van der Waals surface area contributed by atoms with Crippen molar-refractivity contribution in [2.24, 2.45) is 5.92 Å². The third kappa shape index (κ3) is 4.28. The van der Waals surface area contributed by atoms with Crippen molar-refractivity contribution in [1.29, 1.82) is 0 Å². The molecular formula is C28H28FN9O. The second kappa shape index (κ2) is 9.42. The lowest BCUT2D eigenvalue weighted by atomic mass is 9.85. The van der Waals surface area contributed by atoms with Gasteiger partial charge in [-0.2, -0.15) is 5.10 Å². The molecule has 0 radical (unpaired) electrons. The molecule has 10 nitrogen and oxygen atoms in total. The van der Waals surface area contributed by atoms with E-state index in [1.807, 2.05) is 18.2 Å². The van der Waals surface area contributed by atoms with Crippen LogP contribution in [0.5, 0.6) is 0 Å². The zero-order valence-corrected chi connectivity index (χ0v) is 21.5. The van der Waals surface area contributed by atoms with Gasteiger partial charge in [0.2, 0.25) is 5.91 Å². The van der Waals surface area contributed by atoms with Crippen LogP contribution in [0.2, 0.25) is 0 Å². The second-order valence-corrected chi connectivity index (χ2v) is 10.4. The van der Waals surface area contributed by atoms with Crippen molar-refractivity contribution in [3.8, 4) is 22.6 Å². The molecule has 39 heavy (non-hydrogen) atoms. The molecule has 1 aliphatic heterocycles. The first-order valence-electron chi connectivity index (χ1n) is 13.3. The Morgan fingerprint density at radius 1 is 1.08 bits per heavy atom. The zero-order valence-electron chi connectivity index (χ0n) is 21.5. The molecule has 0 unspecified atom stereocenters. The van der Waals surface area contributed by atoms with E-state index in [4.69, 9.17) is 4.98 Å². The standard InChI is InChI=1S/C28H28FN9O/c1-37-7-9-38(10-8-37)27-25-22(5-6-31-27)33-26(34-25)24-20-12-17(13-21(29)23(20)35-36-24)18-11-19(15-30-14-18)32-28(39)16-3-2-4-16/h5-6,11-16H,2-4,7-10H2,1H3,(H,32,39)(H,33,34)(H,35,36). The largest absolute Gasteiger partial charge is 0.352 e. The first kappa shape index (κ1) is 23.7. The lowest BCUT2D eigenvalue weighted by Gasteiger charge is -2.33. The third-order valence-electron chi connectivity index (χ3n) is 7.85. The summed E-state index contributed by atoms with van der Waals surface area (Å²) in [5, 5.41) is 10.8. The van der Waals surface area contributed by atoms with Crippen molar-refractivity contribution in [2.45, 2.75) is 19.3 Å². The number of carbonyl (C=O) groups is 1. The Morgan fingerprint density at radius 3 is 2.72 bits per heavy atom. The summed E-state index contributed by atoms with van der Waals surface area (Å²) in [6.07, 6.45) is 7.97. The van der Waals surface area contributed by atoms with Crippen LogP contribution in [-0.4, -0.2) is 74.2 Å². The molecule has 1 amide bonds. The number of fused-ring (bicyclic) bond motifs is 2. The number of nitrogens with one attached hydrogen (secondary N) is 3. The summed E-state index contributed by atoms with van der Waals surface area (Å²) in [7, 11) is 2.12. The summed E-state index contributed by atoms with van der Waals surface area (Å²) in [4.78, 5) is 34.1. The van der Waals surface area contributed by atoms with E-state index in [1.54, 1.807) is 18.6 Å². The maximum Gasteiger partial charge on any atom is 0.227 e. The minimum Gasteiger partial charge on any atom is -0.352 e. The van der Waals surface area contributed by atoms with E-state index in [-0.39, 0.29) is 17.3 Å². The molecule has 5 aromatic rings. The van der Waals surface area contributed by atoms with Crippen LogP contribution in [0, 0.1) is 11.7 Å². The fourth-order valence-corrected chi connectivity index (χ4v) is 5.29. The number of amides is 1. The topological polar surface area (TPSA) is 119 Å². The molecule has 198 valence electrons. The third-order valence-corrected chi connectivity index (χ3v) is 7.85. The number of carbonyl (C=O) groups excluding carboxylic acids is 1. The minimum atomic E-state index is -0.454. The summed E-state index contributed by atoms with van der Waals surface area (Å²) in [5.74, 6) is 1.02. The Balaban J connectivity index is 1.25. The van der Waals surface area contributed by atoms with E-state index in [0.717, 1.165) is 62.3 Å². The van der Waals surface area contributed by atoms with Gasteiger partial charge in [-0.25, -0.2) is 14.4 Å². The number of H-pyrrole nitrogens is 2. The number of likely N-dealkylation sites (N-methyl/N-ethyl adjacent to an activating group) is 1. The Labute approximate surface area is 223 Å². The predicted molar refractivity (Wildman–Crippen MR) is 148 cm³/mol. The van der Waals surface area contributed by atoms with Crippen molar-refractivity contribution in [1.82, 2.24) is 35.0 Å². The molecule has 3 N–H and O–H groups in total. The van der Waals surface area contributed by atoms with Gasteiger partial charge in [0.15, 0.2) is 17.5 Å². The molecule has 1 aromatic carbocycles. The van der Waals surface area contributed by atoms with Crippen molar-refractivity contribution in [3.05, 3.63) is 48.7 Å². The number of pyridine rings is 2. The lowest BCUT2D eigenvalue weighted by molar-refractivity contribution is -0.122. The average Bonchev–Trinajstić information content (AvgIpc) is 3.53. The Kier molecular flexibility index (Phi) is 5.73. The Hall–Kier alpha value is -4.38. The Morgan fingerprint density at radius 2 is 1.92 bits per heavy atom. The Bertz CT molecular complexity index is 1700. The molecule has 2 fully saturated rings. The lowest BCUT2D eigenvalue weighted by Crippen LogP contribution is -2.44. The molecule has 7 rings (SSSR count). The summed E-state index contributed by atoms with van der Waals surface area (Å²) in [6.45, 7) is 3.67. The SMILES string of the molecule is CN1CCN(c2nccc3[nH]c(-c4[nH]nc5c(F)cc(-c6cncc(NC(=O)C7CCC7)c6)cc45)nc23)CC1. The smallest absolute Gasteiger partial charge is 0.227 e. The van der Waals surface area contributed by atoms with Crippen molar-refractivity contribution in [3.63, 3.8) is 0 Å². The number of hydrogen-bond acceptors (Lipinski definition) is 7. The van der Waals surface area contributed by atoms with Gasteiger partial charge in [0.1, 0.15) is 16.7 Å². The number of aromatic nitrogens is 6. The van der Waals surface area contributed by atoms with E-state index >= 15 is 4.39 Å². The van der Waals surface area contributed by atoms with Crippen LogP contribution in [0.3, 0.4) is 0 Å². The van der Waals surface area contributed by atoms with Gasteiger partial charge >= 0.3 is 0 Å². The highest BCUT2D eigenvalue weighted by Crippen LogP contribution is 2.34. The van der Waals surface area contributed by atoms with E-state index < -0.39 is 5.82 Å². The van der Waals surface area contributed by atoms with Gasteiger partial charge in [-0.1, -0.05) is 6.42 Å². The number of nitrogens with zero attached hydrogens (tertiary/aromatic N) is 6.